The van der Waals surface area contributed by atoms with Gasteiger partial charge in [0.2, 0.25) is 0 Å². The van der Waals surface area contributed by atoms with E-state index in [9.17, 15) is 0 Å². The summed E-state index contributed by atoms with van der Waals surface area (Å²) < 4.78 is 4.78. The van der Waals surface area contributed by atoms with Crippen LogP contribution in [0.25, 0.3) is 0 Å². The lowest BCUT2D eigenvalue weighted by Crippen LogP contribution is -1.84. The van der Waals surface area contributed by atoms with Crippen molar-refractivity contribution in [1.82, 2.24) is 0 Å². The van der Waals surface area contributed by atoms with Gasteiger partial charge in [0.1, 0.15) is 0 Å². The predicted molar refractivity (Wildman–Crippen MR) is 59.8 cm³/mol. The van der Waals surface area contributed by atoms with E-state index in [1.165, 1.54) is 19.3 Å². The molecule has 0 bridgehead atoms. The summed E-state index contributed by atoms with van der Waals surface area (Å²) in [6.45, 7) is 7.32. The molecular weight excluding hydrogens is 152 g/mol. The monoisotopic (exact) mass is 182 g/mol. The Kier molecular flexibility index (Phi) is 110. The van der Waals surface area contributed by atoms with Gasteiger partial charge in [-0.15, -0.1) is 0 Å². The topological polar surface area (TPSA) is 40.7 Å². The van der Waals surface area contributed by atoms with Crippen LogP contribution in [-0.4, -0.2) is 19.2 Å². The van der Waals surface area contributed by atoms with Gasteiger partial charge in [0.05, 0.1) is 0 Å². The molecule has 0 amide bonds. The average molecular weight is 182 g/mol. The third-order valence-electron chi connectivity index (χ3n) is 0.702. The van der Waals surface area contributed by atoms with Crippen molar-refractivity contribution < 1.29 is 10.2 Å². The molecule has 0 aromatic rings. The highest BCUT2D eigenvalue weighted by molar-refractivity contribution is 4.26. The van der Waals surface area contributed by atoms with E-state index >= 15 is 0 Å². The quantitative estimate of drug-likeness (QED) is 0.617. The highest BCUT2D eigenvalue weighted by Gasteiger charge is 1.74. The van der Waals surface area contributed by atoms with E-state index in [2.05, 4.69) is 20.8 Å². The van der Waals surface area contributed by atoms with Crippen molar-refractivity contribution in [3.63, 3.8) is 0 Å². The molecule has 0 saturated carbocycles. The molecule has 0 heterocycles. The number of hydrogen-bond donors (Lipinski definition) is 0. The summed E-state index contributed by atoms with van der Waals surface area (Å²) in [5.41, 5.74) is 0. The van der Waals surface area contributed by atoms with Crippen LogP contribution in [0.3, 0.4) is 0 Å². The SMILES string of the molecule is C.C.CCC.CCCCOC.O. The van der Waals surface area contributed by atoms with Crippen LogP contribution in [-0.2, 0) is 4.74 Å². The van der Waals surface area contributed by atoms with E-state index in [1.54, 1.807) is 7.11 Å². The van der Waals surface area contributed by atoms with E-state index in [-0.39, 0.29) is 20.3 Å². The van der Waals surface area contributed by atoms with Crippen LogP contribution in [0.5, 0.6) is 0 Å². The molecule has 2 nitrogen and oxygen atoms in total. The summed E-state index contributed by atoms with van der Waals surface area (Å²) in [5, 5.41) is 0. The predicted octanol–water partition coefficient (Wildman–Crippen LogP) is 3.30. The minimum absolute atomic E-state index is 0. The van der Waals surface area contributed by atoms with E-state index in [1.807, 2.05) is 0 Å². The van der Waals surface area contributed by atoms with Crippen molar-refractivity contribution in [1.29, 1.82) is 0 Å². The number of hydrogen-bond acceptors (Lipinski definition) is 1. The third kappa shape index (κ3) is 92.6. The van der Waals surface area contributed by atoms with Gasteiger partial charge in [-0.25, -0.2) is 0 Å². The highest BCUT2D eigenvalue weighted by Crippen LogP contribution is 1.83. The number of unbranched alkanes of at least 4 members (excludes halogenated alkanes) is 1. The van der Waals surface area contributed by atoms with Crippen LogP contribution < -0.4 is 0 Å². The van der Waals surface area contributed by atoms with Crippen LogP contribution in [0, 0.1) is 0 Å². The summed E-state index contributed by atoms with van der Waals surface area (Å²) in [6.07, 6.45) is 3.67. The molecule has 0 fully saturated rings. The summed E-state index contributed by atoms with van der Waals surface area (Å²) in [4.78, 5) is 0. The molecule has 0 atom stereocenters. The maximum Gasteiger partial charge on any atom is 0.0462 e. The lowest BCUT2D eigenvalue weighted by molar-refractivity contribution is 0.194. The summed E-state index contributed by atoms with van der Waals surface area (Å²) in [7, 11) is 1.73. The zero-order valence-electron chi connectivity index (χ0n) is 7.74. The number of methoxy groups -OCH3 is 1. The van der Waals surface area contributed by atoms with Gasteiger partial charge in [0, 0.05) is 13.7 Å². The van der Waals surface area contributed by atoms with Crippen molar-refractivity contribution in [3.8, 4) is 0 Å². The Hall–Kier alpha value is -0.0800. The average Bonchev–Trinajstić information content (AvgIpc) is 1.86. The molecule has 2 heteroatoms. The molecule has 0 aromatic carbocycles. The minimum atomic E-state index is 0. The van der Waals surface area contributed by atoms with Gasteiger partial charge in [-0.05, 0) is 6.42 Å². The Morgan fingerprint density at radius 1 is 1.00 bits per heavy atom. The van der Waals surface area contributed by atoms with Crippen molar-refractivity contribution >= 4 is 0 Å². The van der Waals surface area contributed by atoms with E-state index in [0.29, 0.717) is 0 Å². The summed E-state index contributed by atoms with van der Waals surface area (Å²) >= 11 is 0. The summed E-state index contributed by atoms with van der Waals surface area (Å²) in [6, 6.07) is 0. The molecule has 82 valence electrons. The lowest BCUT2D eigenvalue weighted by atomic mass is 10.4. The minimum Gasteiger partial charge on any atom is -0.412 e. The molecule has 0 saturated heterocycles. The molecule has 0 radical (unpaired) electrons. The Balaban J connectivity index is -0.0000000246. The number of rotatable bonds is 3. The molecule has 0 aliphatic carbocycles. The molecule has 0 aromatic heterocycles. The fourth-order valence-corrected chi connectivity index (χ4v) is 0.289. The van der Waals surface area contributed by atoms with Crippen LogP contribution in [0.15, 0.2) is 0 Å². The molecule has 0 aliphatic rings. The maximum atomic E-state index is 4.78. The van der Waals surface area contributed by atoms with Gasteiger partial charge >= 0.3 is 0 Å². The Morgan fingerprint density at radius 3 is 1.42 bits per heavy atom. The smallest absolute Gasteiger partial charge is 0.0462 e. The molecule has 0 unspecified atom stereocenters. The van der Waals surface area contributed by atoms with Crippen LogP contribution in [0.2, 0.25) is 0 Å². The van der Waals surface area contributed by atoms with E-state index in [4.69, 9.17) is 4.74 Å². The lowest BCUT2D eigenvalue weighted by Gasteiger charge is -1.89. The molecular formula is C10H30O2. The maximum absolute atomic E-state index is 4.78. The third-order valence-corrected chi connectivity index (χ3v) is 0.702. The van der Waals surface area contributed by atoms with E-state index in [0.717, 1.165) is 6.61 Å². The highest BCUT2D eigenvalue weighted by atomic mass is 16.5. The zero-order chi connectivity index (χ0) is 7.54. The first-order valence-corrected chi connectivity index (χ1v) is 3.82. The van der Waals surface area contributed by atoms with E-state index < -0.39 is 0 Å². The molecule has 0 rings (SSSR count). The van der Waals surface area contributed by atoms with Crippen molar-refractivity contribution in [2.75, 3.05) is 13.7 Å². The van der Waals surface area contributed by atoms with Crippen LogP contribution in [0.4, 0.5) is 0 Å². The van der Waals surface area contributed by atoms with Gasteiger partial charge in [-0.3, -0.25) is 0 Å². The first kappa shape index (κ1) is 29.7. The van der Waals surface area contributed by atoms with Crippen molar-refractivity contribution in [2.24, 2.45) is 0 Å². The first-order valence-electron chi connectivity index (χ1n) is 3.82. The Bertz CT molecular complexity index is 27.0. The Morgan fingerprint density at radius 2 is 1.33 bits per heavy atom. The van der Waals surface area contributed by atoms with Gasteiger partial charge < -0.3 is 10.2 Å². The fraction of sp³-hybridized carbons (Fsp3) is 1.00. The molecule has 0 spiro atoms. The Labute approximate surface area is 79.6 Å². The van der Waals surface area contributed by atoms with Crippen LogP contribution in [0.1, 0.15) is 54.9 Å². The summed E-state index contributed by atoms with van der Waals surface area (Å²) in [5.74, 6) is 0. The molecule has 12 heavy (non-hydrogen) atoms. The molecule has 2 N–H and O–H groups in total. The normalized spacial score (nSPS) is 6.00. The van der Waals surface area contributed by atoms with Crippen molar-refractivity contribution in [3.05, 3.63) is 0 Å². The zero-order valence-corrected chi connectivity index (χ0v) is 7.74. The fourth-order valence-electron chi connectivity index (χ4n) is 0.289. The van der Waals surface area contributed by atoms with Gasteiger partial charge in [0.25, 0.3) is 0 Å². The standard InChI is InChI=1S/C5H12O.C3H8.2CH4.H2O/c1-3-4-5-6-2;1-3-2;;;/h3-5H2,1-2H3;3H2,1-2H3;2*1H4;1H2. The van der Waals surface area contributed by atoms with Gasteiger partial charge in [-0.1, -0.05) is 48.5 Å². The second kappa shape index (κ2) is 44.4. The van der Waals surface area contributed by atoms with Gasteiger partial charge in [0.15, 0.2) is 0 Å². The second-order valence-electron chi connectivity index (χ2n) is 2.05. The second-order valence-corrected chi connectivity index (χ2v) is 2.05. The first-order chi connectivity index (χ1) is 4.33. The van der Waals surface area contributed by atoms with Crippen LogP contribution >= 0.6 is 0 Å². The largest absolute Gasteiger partial charge is 0.412 e. The molecule has 0 aliphatic heterocycles. The number of ether oxygens (including phenoxy) is 1. The van der Waals surface area contributed by atoms with Crippen molar-refractivity contribution in [2.45, 2.75) is 54.9 Å². The van der Waals surface area contributed by atoms with Gasteiger partial charge in [-0.2, -0.15) is 0 Å².